The molecule has 1 atom stereocenters. The molecule has 2 fully saturated rings. The highest BCUT2D eigenvalue weighted by molar-refractivity contribution is 5.82. The van der Waals surface area contributed by atoms with E-state index >= 15 is 0 Å². The third-order valence-electron chi connectivity index (χ3n) is 6.15. The van der Waals surface area contributed by atoms with Gasteiger partial charge in [0.15, 0.2) is 5.82 Å². The molecular formula is C23H32N6O4. The fourth-order valence-corrected chi connectivity index (χ4v) is 4.15. The van der Waals surface area contributed by atoms with Crippen molar-refractivity contribution in [3.05, 3.63) is 35.9 Å². The van der Waals surface area contributed by atoms with Crippen molar-refractivity contribution in [1.29, 1.82) is 0 Å². The van der Waals surface area contributed by atoms with E-state index in [1.165, 1.54) is 0 Å². The molecule has 1 aromatic carbocycles. The Bertz CT molecular complexity index is 940. The Hall–Kier alpha value is -2.79. The average Bonchev–Trinajstić information content (AvgIpc) is 2.89. The molecule has 3 N–H and O–H groups in total. The second-order valence-corrected chi connectivity index (χ2v) is 8.20. The van der Waals surface area contributed by atoms with E-state index in [0.29, 0.717) is 45.2 Å². The first kappa shape index (κ1) is 23.4. The summed E-state index contributed by atoms with van der Waals surface area (Å²) in [6, 6.07) is 9.06. The number of piperazine rings is 1. The third-order valence-corrected chi connectivity index (χ3v) is 6.15. The van der Waals surface area contributed by atoms with Crippen molar-refractivity contribution in [2.75, 3.05) is 75.9 Å². The van der Waals surface area contributed by atoms with E-state index in [-0.39, 0.29) is 19.1 Å². The number of aliphatic hydroxyl groups excluding tert-OH is 2. The first-order valence-electron chi connectivity index (χ1n) is 11.4. The van der Waals surface area contributed by atoms with Crippen molar-refractivity contribution < 1.29 is 19.7 Å². The maximum absolute atomic E-state index is 12.6. The molecule has 10 nitrogen and oxygen atoms in total. The zero-order valence-electron chi connectivity index (χ0n) is 19.0. The van der Waals surface area contributed by atoms with E-state index in [9.17, 15) is 15.0 Å². The topological polar surface area (TPSA) is 114 Å². The van der Waals surface area contributed by atoms with Crippen LogP contribution in [0.5, 0.6) is 0 Å². The fraction of sp³-hybridized carbons (Fsp3) is 0.522. The van der Waals surface area contributed by atoms with Crippen LogP contribution in [0.4, 0.5) is 11.6 Å². The zero-order chi connectivity index (χ0) is 23.2. The number of hydrogen-bond donors (Lipinski definition) is 3. The van der Waals surface area contributed by atoms with E-state index in [4.69, 9.17) is 14.7 Å². The summed E-state index contributed by atoms with van der Waals surface area (Å²) in [5.74, 6) is 2.19. The summed E-state index contributed by atoms with van der Waals surface area (Å²) in [5, 5.41) is 21.8. The largest absolute Gasteiger partial charge is 0.394 e. The number of likely N-dealkylation sites (N-methyl/N-ethyl adjacent to an activating group) is 1. The number of ether oxygens (including phenoxy) is 1. The molecule has 2 saturated heterocycles. The lowest BCUT2D eigenvalue weighted by Crippen LogP contribution is -2.54. The number of carbonyl (C=O) groups excluding carboxylic acids is 1. The minimum absolute atomic E-state index is 0.0404. The van der Waals surface area contributed by atoms with Gasteiger partial charge in [-0.05, 0) is 18.7 Å². The van der Waals surface area contributed by atoms with Gasteiger partial charge in [-0.25, -0.2) is 9.97 Å². The summed E-state index contributed by atoms with van der Waals surface area (Å²) in [4.78, 5) is 28.4. The van der Waals surface area contributed by atoms with Crippen LogP contribution < -0.4 is 15.1 Å². The quantitative estimate of drug-likeness (QED) is 0.517. The Morgan fingerprint density at radius 3 is 2.30 bits per heavy atom. The van der Waals surface area contributed by atoms with Crippen LogP contribution in [0.3, 0.4) is 0 Å². The maximum atomic E-state index is 12.6. The number of rotatable bonds is 7. The lowest BCUT2D eigenvalue weighted by Gasteiger charge is -2.37. The zero-order valence-corrected chi connectivity index (χ0v) is 19.0. The van der Waals surface area contributed by atoms with Crippen LogP contribution in [0.2, 0.25) is 0 Å². The van der Waals surface area contributed by atoms with Crippen molar-refractivity contribution >= 4 is 17.5 Å². The van der Waals surface area contributed by atoms with E-state index < -0.39 is 6.04 Å². The number of amides is 1. The minimum atomic E-state index is -0.575. The molecule has 3 heterocycles. The van der Waals surface area contributed by atoms with Gasteiger partial charge in [-0.2, -0.15) is 0 Å². The van der Waals surface area contributed by atoms with Gasteiger partial charge in [-0.3, -0.25) is 4.79 Å². The number of aromatic nitrogens is 2. The van der Waals surface area contributed by atoms with Crippen LogP contribution >= 0.6 is 0 Å². The molecule has 0 unspecified atom stereocenters. The SMILES string of the molecule is CN[C@@H](CO)C(=O)N1CCN(c2cc(N3CCOCC3)nc(-c3cccc(CO)c3)n2)CC1. The van der Waals surface area contributed by atoms with Crippen LogP contribution in [-0.2, 0) is 16.1 Å². The molecule has 2 aromatic rings. The Balaban J connectivity index is 1.59. The van der Waals surface area contributed by atoms with E-state index in [2.05, 4.69) is 15.1 Å². The van der Waals surface area contributed by atoms with Gasteiger partial charge < -0.3 is 35.0 Å². The van der Waals surface area contributed by atoms with Crippen molar-refractivity contribution in [3.63, 3.8) is 0 Å². The molecule has 0 saturated carbocycles. The van der Waals surface area contributed by atoms with Crippen LogP contribution in [0.15, 0.2) is 30.3 Å². The van der Waals surface area contributed by atoms with Crippen LogP contribution in [0.25, 0.3) is 11.4 Å². The Labute approximate surface area is 193 Å². The van der Waals surface area contributed by atoms with E-state index in [1.54, 1.807) is 11.9 Å². The monoisotopic (exact) mass is 456 g/mol. The summed E-state index contributed by atoms with van der Waals surface area (Å²) in [5.41, 5.74) is 1.66. The number of nitrogens with one attached hydrogen (secondary N) is 1. The predicted molar refractivity (Wildman–Crippen MR) is 125 cm³/mol. The second-order valence-electron chi connectivity index (χ2n) is 8.20. The van der Waals surface area contributed by atoms with Crippen LogP contribution in [0.1, 0.15) is 5.56 Å². The number of hydrogen-bond acceptors (Lipinski definition) is 9. The van der Waals surface area contributed by atoms with Crippen LogP contribution in [0, 0.1) is 0 Å². The lowest BCUT2D eigenvalue weighted by molar-refractivity contribution is -0.134. The van der Waals surface area contributed by atoms with Crippen molar-refractivity contribution in [1.82, 2.24) is 20.2 Å². The minimum Gasteiger partial charge on any atom is -0.394 e. The first-order chi connectivity index (χ1) is 16.1. The number of aliphatic hydroxyl groups is 2. The molecule has 0 bridgehead atoms. The van der Waals surface area contributed by atoms with Gasteiger partial charge in [0.25, 0.3) is 0 Å². The summed E-state index contributed by atoms with van der Waals surface area (Å²) in [6.45, 7) is 4.99. The molecule has 1 aromatic heterocycles. The van der Waals surface area contributed by atoms with Crippen molar-refractivity contribution in [3.8, 4) is 11.4 Å². The molecule has 0 spiro atoms. The third kappa shape index (κ3) is 5.41. The molecular weight excluding hydrogens is 424 g/mol. The Morgan fingerprint density at radius 1 is 1.03 bits per heavy atom. The number of benzene rings is 1. The fourth-order valence-electron chi connectivity index (χ4n) is 4.15. The number of carbonyl (C=O) groups is 1. The van der Waals surface area contributed by atoms with Crippen LogP contribution in [-0.4, -0.2) is 103 Å². The molecule has 178 valence electrons. The highest BCUT2D eigenvalue weighted by Crippen LogP contribution is 2.26. The summed E-state index contributed by atoms with van der Waals surface area (Å²) in [7, 11) is 1.68. The van der Waals surface area contributed by atoms with Gasteiger partial charge in [0, 0.05) is 50.9 Å². The molecule has 2 aliphatic rings. The molecule has 1 amide bonds. The Kier molecular flexibility index (Phi) is 7.71. The molecule has 0 radical (unpaired) electrons. The van der Waals surface area contributed by atoms with E-state index in [1.807, 2.05) is 30.3 Å². The summed E-state index contributed by atoms with van der Waals surface area (Å²) < 4.78 is 5.50. The summed E-state index contributed by atoms with van der Waals surface area (Å²) in [6.07, 6.45) is 0. The van der Waals surface area contributed by atoms with Crippen molar-refractivity contribution in [2.24, 2.45) is 0 Å². The lowest BCUT2D eigenvalue weighted by atomic mass is 10.1. The van der Waals surface area contributed by atoms with Gasteiger partial charge in [0.05, 0.1) is 26.4 Å². The summed E-state index contributed by atoms with van der Waals surface area (Å²) >= 11 is 0. The van der Waals surface area contributed by atoms with Gasteiger partial charge in [0.1, 0.15) is 17.7 Å². The van der Waals surface area contributed by atoms with Gasteiger partial charge >= 0.3 is 0 Å². The molecule has 0 aliphatic carbocycles. The molecule has 10 heteroatoms. The number of anilines is 2. The van der Waals surface area contributed by atoms with Gasteiger partial charge in [-0.15, -0.1) is 0 Å². The van der Waals surface area contributed by atoms with Crippen molar-refractivity contribution in [2.45, 2.75) is 12.6 Å². The van der Waals surface area contributed by atoms with E-state index in [0.717, 1.165) is 35.9 Å². The smallest absolute Gasteiger partial charge is 0.242 e. The maximum Gasteiger partial charge on any atom is 0.242 e. The first-order valence-corrected chi connectivity index (χ1v) is 11.4. The highest BCUT2D eigenvalue weighted by Gasteiger charge is 2.27. The normalized spacial score (nSPS) is 17.8. The molecule has 4 rings (SSSR count). The number of nitrogens with zero attached hydrogens (tertiary/aromatic N) is 5. The number of morpholine rings is 1. The molecule has 33 heavy (non-hydrogen) atoms. The Morgan fingerprint density at radius 2 is 1.70 bits per heavy atom. The predicted octanol–water partition coefficient (Wildman–Crippen LogP) is -0.299. The van der Waals surface area contributed by atoms with Gasteiger partial charge in [-0.1, -0.05) is 18.2 Å². The van der Waals surface area contributed by atoms with Gasteiger partial charge in [0.2, 0.25) is 5.91 Å². The average molecular weight is 457 g/mol. The molecule has 2 aliphatic heterocycles. The highest BCUT2D eigenvalue weighted by atomic mass is 16.5. The second kappa shape index (κ2) is 10.9. The standard InChI is InChI=1S/C23H32N6O4/c1-24-19(16-31)23(32)29-7-5-27(6-8-29)20-14-21(28-9-11-33-12-10-28)26-22(25-20)18-4-2-3-17(13-18)15-30/h2-4,13-14,19,24,30-31H,5-12,15-16H2,1H3/t19-/m0/s1.